The first kappa shape index (κ1) is 9.53. The molecule has 0 aromatic heterocycles. The molecule has 0 saturated heterocycles. The normalized spacial score (nSPS) is 9.62. The molecule has 0 amide bonds. The quantitative estimate of drug-likeness (QED) is 0.444. The number of rotatable bonds is 2. The van der Waals surface area contributed by atoms with Gasteiger partial charge in [-0.25, -0.2) is 0 Å². The molecular weight excluding hydrogens is 195 g/mol. The van der Waals surface area contributed by atoms with Crippen LogP contribution in [0.5, 0.6) is 0 Å². The smallest absolute Gasteiger partial charge is 0.305 e. The van der Waals surface area contributed by atoms with Crippen LogP contribution in [-0.4, -0.2) is 9.91 Å². The molecule has 0 aliphatic rings. The van der Waals surface area contributed by atoms with Crippen LogP contribution < -0.4 is 5.73 Å². The Hall–Kier alpha value is -1.56. The second kappa shape index (κ2) is 3.44. The summed E-state index contributed by atoms with van der Waals surface area (Å²) in [6, 6.07) is 3.27. The van der Waals surface area contributed by atoms with Crippen molar-refractivity contribution in [3.63, 3.8) is 0 Å². The zero-order valence-electron chi connectivity index (χ0n) is 6.36. The Morgan fingerprint density at radius 1 is 1.62 bits per heavy atom. The number of halogens is 1. The molecule has 1 rings (SSSR count). The van der Waals surface area contributed by atoms with Gasteiger partial charge in [0.1, 0.15) is 4.99 Å². The summed E-state index contributed by atoms with van der Waals surface area (Å²) in [5, 5.41) is 10.3. The van der Waals surface area contributed by atoms with Crippen LogP contribution in [0.25, 0.3) is 0 Å². The Kier molecular flexibility index (Phi) is 2.52. The number of thiocarbonyl (C=S) groups is 1. The first-order chi connectivity index (χ1) is 6.02. The minimum Gasteiger partial charge on any atom is -0.389 e. The monoisotopic (exact) mass is 200 g/mol. The molecule has 6 heteroatoms. The lowest BCUT2D eigenvalue weighted by Crippen LogP contribution is -2.09. The van der Waals surface area contributed by atoms with Crippen LogP contribution in [0.4, 0.5) is 10.1 Å². The molecule has 0 heterocycles. The number of hydrogen-bond donors (Lipinski definition) is 1. The van der Waals surface area contributed by atoms with E-state index < -0.39 is 16.4 Å². The van der Waals surface area contributed by atoms with E-state index in [1.807, 2.05) is 0 Å². The Balaban J connectivity index is 3.27. The molecular formula is C7H5FN2O2S. The molecule has 0 fully saturated rings. The zero-order chi connectivity index (χ0) is 10.0. The Bertz CT molecular complexity index is 381. The molecule has 0 radical (unpaired) electrons. The van der Waals surface area contributed by atoms with Gasteiger partial charge in [0.05, 0.1) is 4.92 Å². The molecule has 0 aliphatic carbocycles. The van der Waals surface area contributed by atoms with Gasteiger partial charge in [-0.1, -0.05) is 12.2 Å². The van der Waals surface area contributed by atoms with Crippen molar-refractivity contribution >= 4 is 22.9 Å². The lowest BCUT2D eigenvalue weighted by molar-refractivity contribution is -0.387. The van der Waals surface area contributed by atoms with Gasteiger partial charge in [0.2, 0.25) is 5.82 Å². The van der Waals surface area contributed by atoms with Gasteiger partial charge < -0.3 is 5.73 Å². The summed E-state index contributed by atoms with van der Waals surface area (Å²) in [6.07, 6.45) is 0. The van der Waals surface area contributed by atoms with Crippen molar-refractivity contribution in [1.29, 1.82) is 0 Å². The maximum absolute atomic E-state index is 12.8. The minimum atomic E-state index is -0.898. The highest BCUT2D eigenvalue weighted by atomic mass is 32.1. The number of nitrogens with two attached hydrogens (primary N) is 1. The molecule has 1 aromatic rings. The van der Waals surface area contributed by atoms with Gasteiger partial charge in [-0.05, 0) is 12.1 Å². The predicted molar refractivity (Wildman–Crippen MR) is 48.9 cm³/mol. The van der Waals surface area contributed by atoms with E-state index in [0.717, 1.165) is 12.1 Å². The topological polar surface area (TPSA) is 69.2 Å². The second-order valence-electron chi connectivity index (χ2n) is 2.29. The van der Waals surface area contributed by atoms with Gasteiger partial charge in [0.25, 0.3) is 0 Å². The molecule has 4 nitrogen and oxygen atoms in total. The van der Waals surface area contributed by atoms with Crippen molar-refractivity contribution in [2.24, 2.45) is 5.73 Å². The van der Waals surface area contributed by atoms with Crippen molar-refractivity contribution in [2.75, 3.05) is 0 Å². The van der Waals surface area contributed by atoms with Crippen LogP contribution in [0.15, 0.2) is 18.2 Å². The predicted octanol–water partition coefficient (Wildman–Crippen LogP) is 1.37. The van der Waals surface area contributed by atoms with E-state index in [2.05, 4.69) is 12.2 Å². The van der Waals surface area contributed by atoms with Crippen LogP contribution in [0.3, 0.4) is 0 Å². The fourth-order valence-corrected chi connectivity index (χ4v) is 0.933. The zero-order valence-corrected chi connectivity index (χ0v) is 7.18. The van der Waals surface area contributed by atoms with Crippen LogP contribution >= 0.6 is 12.2 Å². The van der Waals surface area contributed by atoms with Crippen molar-refractivity contribution < 1.29 is 9.31 Å². The third kappa shape index (κ3) is 1.97. The maximum Gasteiger partial charge on any atom is 0.305 e. The van der Waals surface area contributed by atoms with Crippen molar-refractivity contribution in [2.45, 2.75) is 0 Å². The molecule has 0 bridgehead atoms. The van der Waals surface area contributed by atoms with Crippen molar-refractivity contribution in [3.05, 3.63) is 39.7 Å². The molecule has 68 valence electrons. The number of benzene rings is 1. The van der Waals surface area contributed by atoms with Crippen molar-refractivity contribution in [1.82, 2.24) is 0 Å². The van der Waals surface area contributed by atoms with E-state index in [4.69, 9.17) is 5.73 Å². The number of nitrogens with zero attached hydrogens (tertiary/aromatic N) is 1. The average Bonchev–Trinajstić information content (AvgIpc) is 2.04. The second-order valence-corrected chi connectivity index (χ2v) is 2.73. The summed E-state index contributed by atoms with van der Waals surface area (Å²) in [7, 11) is 0. The van der Waals surface area contributed by atoms with E-state index in [0.29, 0.717) is 0 Å². The summed E-state index contributed by atoms with van der Waals surface area (Å²) in [6.45, 7) is 0. The van der Waals surface area contributed by atoms with Crippen LogP contribution in [0.1, 0.15) is 5.56 Å². The van der Waals surface area contributed by atoms with E-state index in [1.165, 1.54) is 6.07 Å². The fraction of sp³-hybridized carbons (Fsp3) is 0. The van der Waals surface area contributed by atoms with Crippen LogP contribution in [-0.2, 0) is 0 Å². The van der Waals surface area contributed by atoms with E-state index in [-0.39, 0.29) is 10.6 Å². The third-order valence-electron chi connectivity index (χ3n) is 1.43. The van der Waals surface area contributed by atoms with Gasteiger partial charge in [-0.2, -0.15) is 4.39 Å². The molecule has 0 unspecified atom stereocenters. The highest BCUT2D eigenvalue weighted by Crippen LogP contribution is 2.18. The Labute approximate surface area is 78.3 Å². The number of nitro benzene ring substituents is 1. The van der Waals surface area contributed by atoms with E-state index in [9.17, 15) is 14.5 Å². The molecule has 0 saturated carbocycles. The lowest BCUT2D eigenvalue weighted by atomic mass is 10.2. The SMILES string of the molecule is NC(=S)c1ccc(F)c([N+](=O)[O-])c1. The fourth-order valence-electron chi connectivity index (χ4n) is 0.806. The summed E-state index contributed by atoms with van der Waals surface area (Å²) >= 11 is 4.58. The average molecular weight is 200 g/mol. The van der Waals surface area contributed by atoms with Gasteiger partial charge in [-0.15, -0.1) is 0 Å². The summed E-state index contributed by atoms with van der Waals surface area (Å²) in [4.78, 5) is 9.46. The summed E-state index contributed by atoms with van der Waals surface area (Å²) in [5.74, 6) is -0.898. The van der Waals surface area contributed by atoms with Crippen molar-refractivity contribution in [3.8, 4) is 0 Å². The Morgan fingerprint density at radius 2 is 2.23 bits per heavy atom. The summed E-state index contributed by atoms with van der Waals surface area (Å²) in [5.41, 5.74) is 4.88. The molecule has 0 spiro atoms. The maximum atomic E-state index is 12.8. The first-order valence-corrected chi connectivity index (χ1v) is 3.67. The van der Waals surface area contributed by atoms with Gasteiger partial charge in [0, 0.05) is 11.6 Å². The largest absolute Gasteiger partial charge is 0.389 e. The summed E-state index contributed by atoms with van der Waals surface area (Å²) < 4.78 is 12.8. The highest BCUT2D eigenvalue weighted by Gasteiger charge is 2.14. The number of hydrogen-bond acceptors (Lipinski definition) is 3. The molecule has 13 heavy (non-hydrogen) atoms. The van der Waals surface area contributed by atoms with E-state index >= 15 is 0 Å². The standard InChI is InChI=1S/C7H5FN2O2S/c8-5-2-1-4(7(9)13)3-6(5)10(11)12/h1-3H,(H2,9,13). The minimum absolute atomic E-state index is 0.00287. The van der Waals surface area contributed by atoms with Crippen LogP contribution in [0.2, 0.25) is 0 Å². The van der Waals surface area contributed by atoms with Gasteiger partial charge in [0.15, 0.2) is 0 Å². The highest BCUT2D eigenvalue weighted by molar-refractivity contribution is 7.80. The first-order valence-electron chi connectivity index (χ1n) is 3.26. The molecule has 0 aliphatic heterocycles. The molecule has 2 N–H and O–H groups in total. The third-order valence-corrected chi connectivity index (χ3v) is 1.66. The molecule has 1 aromatic carbocycles. The number of nitro groups is 1. The van der Waals surface area contributed by atoms with Gasteiger partial charge in [-0.3, -0.25) is 10.1 Å². The lowest BCUT2D eigenvalue weighted by Gasteiger charge is -1.98. The van der Waals surface area contributed by atoms with Crippen LogP contribution in [0, 0.1) is 15.9 Å². The molecule has 0 atom stereocenters. The Morgan fingerprint density at radius 3 is 2.69 bits per heavy atom. The van der Waals surface area contributed by atoms with Gasteiger partial charge >= 0.3 is 5.69 Å². The van der Waals surface area contributed by atoms with E-state index in [1.54, 1.807) is 0 Å².